The highest BCUT2D eigenvalue weighted by Crippen LogP contribution is 2.37. The number of hydrogen-bond acceptors (Lipinski definition) is 10. The molecule has 1 fully saturated rings. The van der Waals surface area contributed by atoms with Crippen LogP contribution in [0, 0.1) is 0 Å². The van der Waals surface area contributed by atoms with Gasteiger partial charge in [0, 0.05) is 31.1 Å². The third-order valence-corrected chi connectivity index (χ3v) is 8.05. The number of benzene rings is 1. The van der Waals surface area contributed by atoms with E-state index in [1.807, 2.05) is 23.6 Å². The molecule has 4 aromatic rings. The van der Waals surface area contributed by atoms with Gasteiger partial charge in [-0.15, -0.1) is 16.9 Å². The van der Waals surface area contributed by atoms with Gasteiger partial charge in [0.1, 0.15) is 35.1 Å². The first-order valence-corrected chi connectivity index (χ1v) is 13.6. The second-order valence-electron chi connectivity index (χ2n) is 8.96. The zero-order chi connectivity index (χ0) is 26.0. The summed E-state index contributed by atoms with van der Waals surface area (Å²) in [6, 6.07) is 5.52. The first-order chi connectivity index (χ1) is 17.9. The monoisotopic (exact) mass is 545 g/mol. The Labute approximate surface area is 221 Å². The lowest BCUT2D eigenvalue weighted by Crippen LogP contribution is -2.39. The van der Waals surface area contributed by atoms with E-state index >= 15 is 0 Å². The molecule has 5 rings (SSSR count). The molecule has 1 saturated heterocycles. The van der Waals surface area contributed by atoms with Gasteiger partial charge < -0.3 is 18.6 Å². The molecular formula is C25H28FN5O4S2. The van der Waals surface area contributed by atoms with Crippen molar-refractivity contribution in [3.8, 4) is 28.1 Å². The van der Waals surface area contributed by atoms with Crippen LogP contribution in [-0.2, 0) is 0 Å². The molecule has 0 N–H and O–H groups in total. The summed E-state index contributed by atoms with van der Waals surface area (Å²) in [7, 11) is 3.17. The van der Waals surface area contributed by atoms with E-state index in [-0.39, 0.29) is 6.61 Å². The summed E-state index contributed by atoms with van der Waals surface area (Å²) in [6.45, 7) is 7.10. The van der Waals surface area contributed by atoms with Crippen LogP contribution >= 0.6 is 23.1 Å². The Morgan fingerprint density at radius 1 is 1.30 bits per heavy atom. The highest BCUT2D eigenvalue weighted by Gasteiger charge is 2.29. The first-order valence-electron chi connectivity index (χ1n) is 11.7. The van der Waals surface area contributed by atoms with E-state index in [9.17, 15) is 4.39 Å². The standard InChI is InChI=1S/C25H28FN5O4S2/c1-25(26)5-7-30(8-6-25)15-36-14-16(27-2)13-34-20-9-17(32-3)10-21-18(20)11-22(35-21)19-12-31-23(28-19)37-24(29-31)33-4/h9-12,14H,2,5-8,13,15H2,1,3-4H3/b16-14-. The van der Waals surface area contributed by atoms with Crippen LogP contribution in [0.5, 0.6) is 16.7 Å². The van der Waals surface area contributed by atoms with E-state index in [0.29, 0.717) is 57.2 Å². The van der Waals surface area contributed by atoms with Crippen LogP contribution in [-0.4, -0.2) is 71.7 Å². The Bertz CT molecular complexity index is 1400. The number of piperidine rings is 1. The lowest BCUT2D eigenvalue weighted by molar-refractivity contribution is 0.0841. The molecule has 0 unspecified atom stereocenters. The lowest BCUT2D eigenvalue weighted by atomic mass is 9.96. The average molecular weight is 546 g/mol. The molecule has 3 aromatic heterocycles. The second-order valence-corrected chi connectivity index (χ2v) is 10.7. The molecule has 0 amide bonds. The molecule has 9 nitrogen and oxygen atoms in total. The third-order valence-electron chi connectivity index (χ3n) is 6.21. The van der Waals surface area contributed by atoms with E-state index in [1.54, 1.807) is 43.6 Å². The number of nitrogens with zero attached hydrogens (tertiary/aromatic N) is 5. The number of furan rings is 1. The Morgan fingerprint density at radius 2 is 2.11 bits per heavy atom. The number of aliphatic imine (C=N–C) groups is 1. The van der Waals surface area contributed by atoms with Crippen molar-refractivity contribution in [3.05, 3.63) is 35.5 Å². The van der Waals surface area contributed by atoms with Crippen molar-refractivity contribution in [1.82, 2.24) is 19.5 Å². The van der Waals surface area contributed by atoms with Gasteiger partial charge >= 0.3 is 0 Å². The lowest BCUT2D eigenvalue weighted by Gasteiger charge is -2.33. The minimum Gasteiger partial charge on any atom is -0.496 e. The van der Waals surface area contributed by atoms with Crippen LogP contribution in [0.1, 0.15) is 19.8 Å². The number of rotatable bonds is 10. The van der Waals surface area contributed by atoms with Crippen LogP contribution in [0.3, 0.4) is 0 Å². The van der Waals surface area contributed by atoms with Crippen molar-refractivity contribution in [2.45, 2.75) is 25.4 Å². The number of imidazole rings is 1. The predicted octanol–water partition coefficient (Wildman–Crippen LogP) is 5.66. The number of hydrogen-bond donors (Lipinski definition) is 0. The molecule has 196 valence electrons. The van der Waals surface area contributed by atoms with E-state index < -0.39 is 5.67 Å². The molecule has 0 spiro atoms. The molecule has 12 heteroatoms. The summed E-state index contributed by atoms with van der Waals surface area (Å²) >= 11 is 2.95. The zero-order valence-corrected chi connectivity index (χ0v) is 22.5. The molecule has 1 aromatic carbocycles. The minimum atomic E-state index is -1.05. The largest absolute Gasteiger partial charge is 0.496 e. The maximum Gasteiger partial charge on any atom is 0.294 e. The van der Waals surface area contributed by atoms with Gasteiger partial charge in [0.15, 0.2) is 5.76 Å². The van der Waals surface area contributed by atoms with Crippen LogP contribution < -0.4 is 14.2 Å². The van der Waals surface area contributed by atoms with Gasteiger partial charge in [-0.25, -0.2) is 13.9 Å². The number of thioether (sulfide) groups is 1. The molecule has 4 heterocycles. The van der Waals surface area contributed by atoms with Crippen molar-refractivity contribution in [1.29, 1.82) is 0 Å². The number of ether oxygens (including phenoxy) is 3. The van der Waals surface area contributed by atoms with Crippen LogP contribution in [0.25, 0.3) is 27.4 Å². The molecule has 0 radical (unpaired) electrons. The average Bonchev–Trinajstić information content (AvgIpc) is 3.59. The summed E-state index contributed by atoms with van der Waals surface area (Å²) < 4.78 is 38.5. The number of methoxy groups -OCH3 is 2. The smallest absolute Gasteiger partial charge is 0.294 e. The Balaban J connectivity index is 1.30. The summed E-state index contributed by atoms with van der Waals surface area (Å²) in [5.41, 5.74) is 0.915. The fraction of sp³-hybridized carbons (Fsp3) is 0.400. The number of alkyl halides is 1. The van der Waals surface area contributed by atoms with E-state index in [0.717, 1.165) is 24.4 Å². The van der Waals surface area contributed by atoms with E-state index in [2.05, 4.69) is 26.7 Å². The topological polar surface area (TPSA) is 86.6 Å². The maximum absolute atomic E-state index is 14.0. The highest BCUT2D eigenvalue weighted by molar-refractivity contribution is 8.02. The van der Waals surface area contributed by atoms with Crippen LogP contribution in [0.2, 0.25) is 0 Å². The number of halogens is 1. The maximum atomic E-state index is 14.0. The molecular weight excluding hydrogens is 517 g/mol. The molecule has 1 aliphatic heterocycles. The third kappa shape index (κ3) is 5.76. The molecule has 0 aliphatic carbocycles. The van der Waals surface area contributed by atoms with Crippen molar-refractivity contribution in [3.63, 3.8) is 0 Å². The Morgan fingerprint density at radius 3 is 2.81 bits per heavy atom. The molecule has 0 saturated carbocycles. The number of fused-ring (bicyclic) bond motifs is 2. The highest BCUT2D eigenvalue weighted by atomic mass is 32.2. The normalized spacial score (nSPS) is 16.4. The van der Waals surface area contributed by atoms with Gasteiger partial charge in [0.2, 0.25) is 4.96 Å². The first kappa shape index (κ1) is 25.6. The number of likely N-dealkylation sites (tertiary alicyclic amines) is 1. The minimum absolute atomic E-state index is 0.228. The van der Waals surface area contributed by atoms with Crippen molar-refractivity contribution in [2.24, 2.45) is 4.99 Å². The molecule has 1 aliphatic rings. The van der Waals surface area contributed by atoms with Crippen molar-refractivity contribution < 1.29 is 23.0 Å². The number of aromatic nitrogens is 3. The Kier molecular flexibility index (Phi) is 7.40. The Hall–Kier alpha value is -3.09. The van der Waals surface area contributed by atoms with Gasteiger partial charge in [-0.1, -0.05) is 0 Å². The van der Waals surface area contributed by atoms with Gasteiger partial charge in [0.05, 0.1) is 31.5 Å². The summed E-state index contributed by atoms with van der Waals surface area (Å²) in [5.74, 6) is 2.57. The van der Waals surface area contributed by atoms with Crippen molar-refractivity contribution in [2.75, 3.05) is 39.8 Å². The van der Waals surface area contributed by atoms with Gasteiger partial charge in [-0.2, -0.15) is 0 Å². The fourth-order valence-electron chi connectivity index (χ4n) is 3.99. The molecule has 0 atom stereocenters. The summed E-state index contributed by atoms with van der Waals surface area (Å²) in [4.78, 5) is 11.7. The summed E-state index contributed by atoms with van der Waals surface area (Å²) in [6.07, 6.45) is 2.92. The summed E-state index contributed by atoms with van der Waals surface area (Å²) in [5, 5.41) is 7.58. The van der Waals surface area contributed by atoms with E-state index in [1.165, 1.54) is 11.3 Å². The second kappa shape index (κ2) is 10.7. The molecule has 37 heavy (non-hydrogen) atoms. The fourth-order valence-corrected chi connectivity index (χ4v) is 5.56. The van der Waals surface area contributed by atoms with Crippen molar-refractivity contribution >= 4 is 45.7 Å². The van der Waals surface area contributed by atoms with Gasteiger partial charge in [0.25, 0.3) is 5.19 Å². The van der Waals surface area contributed by atoms with Crippen LogP contribution in [0.4, 0.5) is 4.39 Å². The SMILES string of the molecule is C=N/C(=C\SCN1CCC(C)(F)CC1)COc1cc(OC)cc2oc(-c3cn4nc(OC)sc4n3)cc12. The van der Waals surface area contributed by atoms with Gasteiger partial charge in [-0.05, 0) is 49.3 Å². The van der Waals surface area contributed by atoms with Gasteiger partial charge in [-0.3, -0.25) is 9.89 Å². The molecule has 0 bridgehead atoms. The predicted molar refractivity (Wildman–Crippen MR) is 145 cm³/mol. The van der Waals surface area contributed by atoms with E-state index in [4.69, 9.17) is 18.6 Å². The zero-order valence-electron chi connectivity index (χ0n) is 20.9. The van der Waals surface area contributed by atoms with Crippen LogP contribution in [0.15, 0.2) is 44.9 Å². The quantitative estimate of drug-likeness (QED) is 0.236.